The minimum absolute atomic E-state index is 0.343. The van der Waals surface area contributed by atoms with Gasteiger partial charge in [0.15, 0.2) is 0 Å². The van der Waals surface area contributed by atoms with Crippen molar-refractivity contribution in [3.63, 3.8) is 0 Å². The number of nitrogens with zero attached hydrogens (tertiary/aromatic N) is 4. The molecule has 0 saturated carbocycles. The van der Waals surface area contributed by atoms with Crippen LogP contribution < -0.4 is 0 Å². The van der Waals surface area contributed by atoms with Crippen LogP contribution >= 0.6 is 11.8 Å². The van der Waals surface area contributed by atoms with Crippen LogP contribution in [-0.2, 0) is 11.9 Å². The van der Waals surface area contributed by atoms with Crippen LogP contribution in [0.5, 0.6) is 0 Å². The second-order valence-corrected chi connectivity index (χ2v) is 6.09. The van der Waals surface area contributed by atoms with Gasteiger partial charge >= 0.3 is 6.18 Å². The van der Waals surface area contributed by atoms with E-state index in [4.69, 9.17) is 0 Å². The van der Waals surface area contributed by atoms with E-state index in [0.29, 0.717) is 16.5 Å². The first-order valence-corrected chi connectivity index (χ1v) is 8.07. The molecule has 4 nitrogen and oxygen atoms in total. The van der Waals surface area contributed by atoms with Crippen LogP contribution in [0.25, 0.3) is 5.69 Å². The van der Waals surface area contributed by atoms with Crippen LogP contribution in [0.4, 0.5) is 13.2 Å². The van der Waals surface area contributed by atoms with Crippen molar-refractivity contribution in [2.24, 2.45) is 0 Å². The first-order chi connectivity index (χ1) is 11.4. The van der Waals surface area contributed by atoms with Crippen molar-refractivity contribution in [3.8, 4) is 5.69 Å². The van der Waals surface area contributed by atoms with E-state index in [1.54, 1.807) is 10.7 Å². The van der Waals surface area contributed by atoms with Gasteiger partial charge in [-0.3, -0.25) is 0 Å². The maximum Gasteiger partial charge on any atom is 0.416 e. The second-order valence-electron chi connectivity index (χ2n) is 5.15. The van der Waals surface area contributed by atoms with Gasteiger partial charge in [0, 0.05) is 5.75 Å². The summed E-state index contributed by atoms with van der Waals surface area (Å²) in [5.41, 5.74) is 1.76. The van der Waals surface area contributed by atoms with Crippen LogP contribution in [0.3, 0.4) is 0 Å². The number of thioether (sulfide) groups is 1. The Kier molecular flexibility index (Phi) is 4.57. The lowest BCUT2D eigenvalue weighted by molar-refractivity contribution is -0.137. The SMILES string of the molecule is Cc1ccccc1-n1nnnc1SCc1cccc(C(F)(F)F)c1. The van der Waals surface area contributed by atoms with E-state index in [1.165, 1.54) is 17.8 Å². The summed E-state index contributed by atoms with van der Waals surface area (Å²) in [6.07, 6.45) is -4.34. The van der Waals surface area contributed by atoms with E-state index in [2.05, 4.69) is 15.5 Å². The van der Waals surface area contributed by atoms with Gasteiger partial charge in [-0.2, -0.15) is 17.9 Å². The third-order valence-corrected chi connectivity index (χ3v) is 4.40. The van der Waals surface area contributed by atoms with E-state index in [9.17, 15) is 13.2 Å². The Labute approximate surface area is 140 Å². The summed E-state index contributed by atoms with van der Waals surface area (Å²) in [6, 6.07) is 12.9. The van der Waals surface area contributed by atoms with Crippen molar-refractivity contribution >= 4 is 11.8 Å². The largest absolute Gasteiger partial charge is 0.416 e. The van der Waals surface area contributed by atoms with Crippen LogP contribution in [-0.4, -0.2) is 20.2 Å². The number of aromatic nitrogens is 4. The number of hydrogen-bond donors (Lipinski definition) is 0. The predicted molar refractivity (Wildman–Crippen MR) is 84.9 cm³/mol. The molecule has 2 aromatic carbocycles. The molecule has 1 aromatic heterocycles. The van der Waals surface area contributed by atoms with Gasteiger partial charge in [-0.25, -0.2) is 0 Å². The smallest absolute Gasteiger partial charge is 0.187 e. The van der Waals surface area contributed by atoms with E-state index in [1.807, 2.05) is 31.2 Å². The van der Waals surface area contributed by atoms with E-state index in [0.717, 1.165) is 23.4 Å². The molecule has 124 valence electrons. The third-order valence-electron chi connectivity index (χ3n) is 3.41. The summed E-state index contributed by atoms with van der Waals surface area (Å²) in [5.74, 6) is 0.343. The molecule has 0 atom stereocenters. The van der Waals surface area contributed by atoms with Crippen LogP contribution in [0.2, 0.25) is 0 Å². The Morgan fingerprint density at radius 3 is 2.62 bits per heavy atom. The summed E-state index contributed by atoms with van der Waals surface area (Å²) >= 11 is 1.29. The fourth-order valence-electron chi connectivity index (χ4n) is 2.21. The first kappa shape index (κ1) is 16.5. The lowest BCUT2D eigenvalue weighted by atomic mass is 10.1. The Bertz CT molecular complexity index is 845. The zero-order valence-electron chi connectivity index (χ0n) is 12.7. The lowest BCUT2D eigenvalue weighted by Crippen LogP contribution is -2.05. The first-order valence-electron chi connectivity index (χ1n) is 7.08. The quantitative estimate of drug-likeness (QED) is 0.659. The summed E-state index contributed by atoms with van der Waals surface area (Å²) < 4.78 is 39.9. The molecular formula is C16H13F3N4S. The van der Waals surface area contributed by atoms with Gasteiger partial charge in [0.25, 0.3) is 0 Å². The molecule has 1 heterocycles. The van der Waals surface area contributed by atoms with Crippen molar-refractivity contribution < 1.29 is 13.2 Å². The monoisotopic (exact) mass is 350 g/mol. The zero-order chi connectivity index (χ0) is 17.2. The van der Waals surface area contributed by atoms with Crippen molar-refractivity contribution in [2.45, 2.75) is 24.0 Å². The number of tetrazole rings is 1. The average molecular weight is 350 g/mol. The number of hydrogen-bond acceptors (Lipinski definition) is 4. The number of para-hydroxylation sites is 1. The molecule has 3 aromatic rings. The van der Waals surface area contributed by atoms with Crippen molar-refractivity contribution in [1.82, 2.24) is 20.2 Å². The summed E-state index contributed by atoms with van der Waals surface area (Å²) in [6.45, 7) is 1.94. The van der Waals surface area contributed by atoms with Gasteiger partial charge in [-0.05, 0) is 40.6 Å². The normalized spacial score (nSPS) is 11.7. The molecule has 8 heteroatoms. The number of benzene rings is 2. The number of halogens is 3. The standard InChI is InChI=1S/C16H13F3N4S/c1-11-5-2-3-8-14(11)23-15(20-21-22-23)24-10-12-6-4-7-13(9-12)16(17,18)19/h2-9H,10H2,1H3. The predicted octanol–water partition coefficient (Wildman–Crippen LogP) is 4.28. The minimum atomic E-state index is -4.34. The number of aryl methyl sites for hydroxylation is 1. The van der Waals surface area contributed by atoms with Gasteiger partial charge in [-0.1, -0.05) is 48.2 Å². The Morgan fingerprint density at radius 2 is 1.88 bits per heavy atom. The summed E-state index contributed by atoms with van der Waals surface area (Å²) in [7, 11) is 0. The molecule has 0 aliphatic heterocycles. The maximum atomic E-state index is 12.8. The Morgan fingerprint density at radius 1 is 1.08 bits per heavy atom. The van der Waals surface area contributed by atoms with Crippen LogP contribution in [0.15, 0.2) is 53.7 Å². The molecule has 0 amide bonds. The average Bonchev–Trinajstić information content (AvgIpc) is 3.01. The van der Waals surface area contributed by atoms with E-state index >= 15 is 0 Å². The van der Waals surface area contributed by atoms with Crippen LogP contribution in [0.1, 0.15) is 16.7 Å². The molecule has 0 bridgehead atoms. The van der Waals surface area contributed by atoms with E-state index < -0.39 is 11.7 Å². The van der Waals surface area contributed by atoms with E-state index in [-0.39, 0.29) is 0 Å². The fourth-order valence-corrected chi connectivity index (χ4v) is 3.03. The third kappa shape index (κ3) is 3.59. The Balaban J connectivity index is 1.80. The summed E-state index contributed by atoms with van der Waals surface area (Å²) in [5, 5.41) is 12.1. The molecule has 3 rings (SSSR count). The highest BCUT2D eigenvalue weighted by Gasteiger charge is 2.30. The van der Waals surface area contributed by atoms with Crippen molar-refractivity contribution in [1.29, 1.82) is 0 Å². The fraction of sp³-hybridized carbons (Fsp3) is 0.188. The molecule has 0 unspecified atom stereocenters. The lowest BCUT2D eigenvalue weighted by Gasteiger charge is -2.09. The van der Waals surface area contributed by atoms with Gasteiger partial charge in [0.2, 0.25) is 5.16 Å². The molecule has 0 aliphatic carbocycles. The molecule has 0 radical (unpaired) electrons. The molecule has 24 heavy (non-hydrogen) atoms. The molecular weight excluding hydrogens is 337 g/mol. The molecule has 0 aliphatic rings. The van der Waals surface area contributed by atoms with Gasteiger partial charge in [-0.15, -0.1) is 5.10 Å². The Hall–Kier alpha value is -2.35. The highest BCUT2D eigenvalue weighted by atomic mass is 32.2. The van der Waals surface area contributed by atoms with Crippen molar-refractivity contribution in [3.05, 3.63) is 65.2 Å². The minimum Gasteiger partial charge on any atom is -0.187 e. The van der Waals surface area contributed by atoms with Gasteiger partial charge in [0.1, 0.15) is 0 Å². The summed E-state index contributed by atoms with van der Waals surface area (Å²) in [4.78, 5) is 0. The van der Waals surface area contributed by atoms with Crippen LogP contribution in [0, 0.1) is 6.92 Å². The molecule has 0 saturated heterocycles. The molecule has 0 fully saturated rings. The van der Waals surface area contributed by atoms with Gasteiger partial charge in [0.05, 0.1) is 11.3 Å². The number of rotatable bonds is 4. The second kappa shape index (κ2) is 6.64. The molecule has 0 N–H and O–H groups in total. The maximum absolute atomic E-state index is 12.8. The highest BCUT2D eigenvalue weighted by Crippen LogP contribution is 2.31. The topological polar surface area (TPSA) is 43.6 Å². The van der Waals surface area contributed by atoms with Crippen molar-refractivity contribution in [2.75, 3.05) is 0 Å². The van der Waals surface area contributed by atoms with Gasteiger partial charge < -0.3 is 0 Å². The zero-order valence-corrected chi connectivity index (χ0v) is 13.5. The highest BCUT2D eigenvalue weighted by molar-refractivity contribution is 7.98. The number of alkyl halides is 3. The molecule has 0 spiro atoms.